The Labute approximate surface area is 107 Å². The lowest BCUT2D eigenvalue weighted by atomic mass is 10.1. The number of aromatic nitrogens is 1. The SMILES string of the molecule is CCCOc1cccnc1NC1CCSCC1. The van der Waals surface area contributed by atoms with Crippen LogP contribution in [0.2, 0.25) is 0 Å². The van der Waals surface area contributed by atoms with E-state index in [4.69, 9.17) is 4.74 Å². The first-order chi connectivity index (χ1) is 8.40. The minimum absolute atomic E-state index is 0.551. The van der Waals surface area contributed by atoms with Crippen LogP contribution in [0.15, 0.2) is 18.3 Å². The van der Waals surface area contributed by atoms with E-state index in [9.17, 15) is 0 Å². The molecule has 0 spiro atoms. The molecule has 0 aliphatic carbocycles. The Balaban J connectivity index is 1.98. The Morgan fingerprint density at radius 2 is 2.29 bits per heavy atom. The van der Waals surface area contributed by atoms with Gasteiger partial charge in [-0.3, -0.25) is 0 Å². The molecule has 3 nitrogen and oxygen atoms in total. The van der Waals surface area contributed by atoms with Gasteiger partial charge in [0.2, 0.25) is 0 Å². The molecule has 0 unspecified atom stereocenters. The summed E-state index contributed by atoms with van der Waals surface area (Å²) >= 11 is 2.04. The van der Waals surface area contributed by atoms with Gasteiger partial charge in [-0.2, -0.15) is 11.8 Å². The Morgan fingerprint density at radius 1 is 1.47 bits per heavy atom. The maximum absolute atomic E-state index is 5.70. The van der Waals surface area contributed by atoms with Crippen LogP contribution in [0.5, 0.6) is 5.75 Å². The number of pyridine rings is 1. The van der Waals surface area contributed by atoms with Crippen molar-refractivity contribution in [3.8, 4) is 5.75 Å². The quantitative estimate of drug-likeness (QED) is 0.872. The molecule has 1 fully saturated rings. The summed E-state index contributed by atoms with van der Waals surface area (Å²) in [6.45, 7) is 2.86. The molecule has 1 aliphatic heterocycles. The van der Waals surface area contributed by atoms with Crippen molar-refractivity contribution in [1.82, 2.24) is 4.98 Å². The second kappa shape index (κ2) is 6.74. The molecule has 0 atom stereocenters. The molecular weight excluding hydrogens is 232 g/mol. The molecule has 0 amide bonds. The highest BCUT2D eigenvalue weighted by molar-refractivity contribution is 7.99. The van der Waals surface area contributed by atoms with Gasteiger partial charge in [0.1, 0.15) is 0 Å². The van der Waals surface area contributed by atoms with E-state index in [0.717, 1.165) is 24.6 Å². The summed E-state index contributed by atoms with van der Waals surface area (Å²) in [7, 11) is 0. The van der Waals surface area contributed by atoms with Gasteiger partial charge in [-0.1, -0.05) is 6.92 Å². The molecule has 1 aromatic rings. The minimum atomic E-state index is 0.551. The van der Waals surface area contributed by atoms with E-state index < -0.39 is 0 Å². The Bertz CT molecular complexity index is 340. The zero-order valence-electron chi connectivity index (χ0n) is 10.3. The first-order valence-electron chi connectivity index (χ1n) is 6.32. The summed E-state index contributed by atoms with van der Waals surface area (Å²) in [5, 5.41) is 3.51. The zero-order chi connectivity index (χ0) is 11.9. The fraction of sp³-hybridized carbons (Fsp3) is 0.615. The zero-order valence-corrected chi connectivity index (χ0v) is 11.1. The van der Waals surface area contributed by atoms with Gasteiger partial charge in [0.25, 0.3) is 0 Å². The van der Waals surface area contributed by atoms with Gasteiger partial charge < -0.3 is 10.1 Å². The summed E-state index contributed by atoms with van der Waals surface area (Å²) < 4.78 is 5.70. The Kier molecular flexibility index (Phi) is 4.98. The summed E-state index contributed by atoms with van der Waals surface area (Å²) in [5.41, 5.74) is 0. The van der Waals surface area contributed by atoms with Gasteiger partial charge in [0.15, 0.2) is 11.6 Å². The average Bonchev–Trinajstić information content (AvgIpc) is 2.39. The summed E-state index contributed by atoms with van der Waals surface area (Å²) in [4.78, 5) is 4.38. The second-order valence-corrected chi connectivity index (χ2v) is 5.45. The molecule has 0 saturated carbocycles. The van der Waals surface area contributed by atoms with Crippen molar-refractivity contribution in [2.45, 2.75) is 32.2 Å². The molecule has 0 aromatic carbocycles. The van der Waals surface area contributed by atoms with Crippen molar-refractivity contribution in [3.63, 3.8) is 0 Å². The lowest BCUT2D eigenvalue weighted by Crippen LogP contribution is -2.25. The topological polar surface area (TPSA) is 34.1 Å². The van der Waals surface area contributed by atoms with Crippen molar-refractivity contribution < 1.29 is 4.74 Å². The first-order valence-corrected chi connectivity index (χ1v) is 7.47. The van der Waals surface area contributed by atoms with E-state index in [-0.39, 0.29) is 0 Å². The molecule has 2 rings (SSSR count). The summed E-state index contributed by atoms with van der Waals surface area (Å²) in [6.07, 6.45) is 5.27. The summed E-state index contributed by atoms with van der Waals surface area (Å²) in [5.74, 6) is 4.27. The number of anilines is 1. The van der Waals surface area contributed by atoms with Gasteiger partial charge in [0.05, 0.1) is 6.61 Å². The number of hydrogen-bond donors (Lipinski definition) is 1. The van der Waals surface area contributed by atoms with Crippen LogP contribution < -0.4 is 10.1 Å². The van der Waals surface area contributed by atoms with Crippen molar-refractivity contribution in [2.75, 3.05) is 23.4 Å². The molecule has 1 N–H and O–H groups in total. The van der Waals surface area contributed by atoms with Crippen molar-refractivity contribution in [3.05, 3.63) is 18.3 Å². The molecule has 1 aliphatic rings. The van der Waals surface area contributed by atoms with Crippen molar-refractivity contribution >= 4 is 17.6 Å². The smallest absolute Gasteiger partial charge is 0.168 e. The number of nitrogens with zero attached hydrogens (tertiary/aromatic N) is 1. The molecule has 0 radical (unpaired) electrons. The van der Waals surface area contributed by atoms with Crippen LogP contribution >= 0.6 is 11.8 Å². The predicted molar refractivity (Wildman–Crippen MR) is 74.0 cm³/mol. The highest BCUT2D eigenvalue weighted by Gasteiger charge is 2.15. The van der Waals surface area contributed by atoms with Gasteiger partial charge in [-0.05, 0) is 42.9 Å². The van der Waals surface area contributed by atoms with Gasteiger partial charge in [-0.15, -0.1) is 0 Å². The highest BCUT2D eigenvalue weighted by Crippen LogP contribution is 2.25. The van der Waals surface area contributed by atoms with E-state index in [1.807, 2.05) is 30.1 Å². The minimum Gasteiger partial charge on any atom is -0.490 e. The van der Waals surface area contributed by atoms with Crippen molar-refractivity contribution in [2.24, 2.45) is 0 Å². The fourth-order valence-electron chi connectivity index (χ4n) is 1.86. The number of rotatable bonds is 5. The van der Waals surface area contributed by atoms with E-state index in [1.54, 1.807) is 0 Å². The number of hydrogen-bond acceptors (Lipinski definition) is 4. The normalized spacial score (nSPS) is 16.8. The van der Waals surface area contributed by atoms with Gasteiger partial charge >= 0.3 is 0 Å². The molecule has 1 aromatic heterocycles. The fourth-order valence-corrected chi connectivity index (χ4v) is 2.97. The lowest BCUT2D eigenvalue weighted by Gasteiger charge is -2.24. The number of nitrogens with one attached hydrogen (secondary N) is 1. The van der Waals surface area contributed by atoms with Crippen LogP contribution in [0, 0.1) is 0 Å². The number of ether oxygens (including phenoxy) is 1. The highest BCUT2D eigenvalue weighted by atomic mass is 32.2. The third-order valence-corrected chi connectivity index (χ3v) is 3.84. The van der Waals surface area contributed by atoms with Crippen LogP contribution in [0.3, 0.4) is 0 Å². The standard InChI is InChI=1S/C13H20N2OS/c1-2-8-16-12-4-3-7-14-13(12)15-11-5-9-17-10-6-11/h3-4,7,11H,2,5-6,8-10H2,1H3,(H,14,15). The molecule has 1 saturated heterocycles. The maximum atomic E-state index is 5.70. The predicted octanol–water partition coefficient (Wildman–Crippen LogP) is 3.18. The molecular formula is C13H20N2OS. The van der Waals surface area contributed by atoms with Crippen LogP contribution in [0.25, 0.3) is 0 Å². The van der Waals surface area contributed by atoms with Crippen molar-refractivity contribution in [1.29, 1.82) is 0 Å². The van der Waals surface area contributed by atoms with Crippen LogP contribution in [-0.2, 0) is 0 Å². The Morgan fingerprint density at radius 3 is 3.06 bits per heavy atom. The van der Waals surface area contributed by atoms with Crippen LogP contribution in [0.1, 0.15) is 26.2 Å². The largest absolute Gasteiger partial charge is 0.490 e. The summed E-state index contributed by atoms with van der Waals surface area (Å²) in [6, 6.07) is 4.46. The van der Waals surface area contributed by atoms with Crippen LogP contribution in [-0.4, -0.2) is 29.1 Å². The van der Waals surface area contributed by atoms with E-state index in [0.29, 0.717) is 6.04 Å². The molecule has 94 valence electrons. The monoisotopic (exact) mass is 252 g/mol. The van der Waals surface area contributed by atoms with Gasteiger partial charge in [-0.25, -0.2) is 4.98 Å². The first kappa shape index (κ1) is 12.6. The maximum Gasteiger partial charge on any atom is 0.168 e. The average molecular weight is 252 g/mol. The van der Waals surface area contributed by atoms with E-state index in [2.05, 4.69) is 17.2 Å². The molecule has 17 heavy (non-hydrogen) atoms. The lowest BCUT2D eigenvalue weighted by molar-refractivity contribution is 0.317. The van der Waals surface area contributed by atoms with Gasteiger partial charge in [0, 0.05) is 12.2 Å². The van der Waals surface area contributed by atoms with Crippen LogP contribution in [0.4, 0.5) is 5.82 Å². The third-order valence-electron chi connectivity index (χ3n) is 2.79. The number of thioether (sulfide) groups is 1. The molecule has 4 heteroatoms. The Hall–Kier alpha value is -0.900. The second-order valence-electron chi connectivity index (χ2n) is 4.23. The molecule has 0 bridgehead atoms. The van der Waals surface area contributed by atoms with E-state index >= 15 is 0 Å². The molecule has 2 heterocycles. The van der Waals surface area contributed by atoms with E-state index in [1.165, 1.54) is 24.3 Å². The third kappa shape index (κ3) is 3.80.